The number of nitrogens with one attached hydrogen (secondary N) is 1. The van der Waals surface area contributed by atoms with Gasteiger partial charge in [0.1, 0.15) is 17.1 Å². The van der Waals surface area contributed by atoms with Crippen molar-refractivity contribution in [3.8, 4) is 22.6 Å². The number of benzene rings is 3. The summed E-state index contributed by atoms with van der Waals surface area (Å²) in [6, 6.07) is 13.8. The number of furan rings is 1. The van der Waals surface area contributed by atoms with Crippen LogP contribution in [0.2, 0.25) is 0 Å². The van der Waals surface area contributed by atoms with E-state index in [1.807, 2.05) is 37.3 Å². The van der Waals surface area contributed by atoms with Gasteiger partial charge in [0.05, 0.1) is 26.0 Å². The lowest BCUT2D eigenvalue weighted by molar-refractivity contribution is -0.137. The SMILES string of the molecule is COc1ccc(-c2coc3c(C)c(OC)c(/C(C)=C/C(=O)Nc4ccc(C(F)(F)F)cc4)cc23)cc1. The standard InChI is InChI=1S/C28H24F3NO4/c1-16(13-25(33)32-20-9-7-19(8-10-20)28(29,30)31)22-14-23-24(18-5-11-21(34-3)12-6-18)15-36-27(23)17(2)26(22)35-4/h5-15H,1-4H3,(H,32,33)/b16-13+. The molecule has 0 atom stereocenters. The fourth-order valence-corrected chi connectivity index (χ4v) is 4.06. The molecule has 186 valence electrons. The van der Waals surface area contributed by atoms with Gasteiger partial charge in [-0.05, 0) is 67.4 Å². The number of alkyl halides is 3. The Kier molecular flexibility index (Phi) is 6.79. The van der Waals surface area contributed by atoms with Crippen molar-refractivity contribution in [3.05, 3.63) is 83.6 Å². The van der Waals surface area contributed by atoms with E-state index < -0.39 is 17.6 Å². The lowest BCUT2D eigenvalue weighted by Gasteiger charge is -2.13. The maximum atomic E-state index is 12.8. The molecule has 1 amide bonds. The second-order valence-corrected chi connectivity index (χ2v) is 8.23. The summed E-state index contributed by atoms with van der Waals surface area (Å²) < 4.78 is 55.1. The number of ether oxygens (including phenoxy) is 2. The molecule has 1 aromatic heterocycles. The minimum absolute atomic E-state index is 0.257. The molecule has 0 spiro atoms. The van der Waals surface area contributed by atoms with E-state index in [0.717, 1.165) is 40.0 Å². The van der Waals surface area contributed by atoms with Gasteiger partial charge in [-0.15, -0.1) is 0 Å². The number of rotatable bonds is 6. The van der Waals surface area contributed by atoms with E-state index in [0.29, 0.717) is 22.5 Å². The highest BCUT2D eigenvalue weighted by Gasteiger charge is 2.30. The van der Waals surface area contributed by atoms with E-state index in [2.05, 4.69) is 5.32 Å². The number of hydrogen-bond acceptors (Lipinski definition) is 4. The number of methoxy groups -OCH3 is 2. The number of amides is 1. The number of hydrogen-bond donors (Lipinski definition) is 1. The molecular weight excluding hydrogens is 471 g/mol. The fourth-order valence-electron chi connectivity index (χ4n) is 4.06. The molecule has 8 heteroatoms. The van der Waals surface area contributed by atoms with Crippen molar-refractivity contribution in [2.75, 3.05) is 19.5 Å². The zero-order chi connectivity index (χ0) is 26.0. The number of carbonyl (C=O) groups excluding carboxylic acids is 1. The number of carbonyl (C=O) groups is 1. The molecule has 0 aliphatic rings. The molecule has 0 aliphatic carbocycles. The second-order valence-electron chi connectivity index (χ2n) is 8.23. The summed E-state index contributed by atoms with van der Waals surface area (Å²) in [5.41, 5.74) is 4.04. The number of fused-ring (bicyclic) bond motifs is 1. The van der Waals surface area contributed by atoms with Gasteiger partial charge in [-0.1, -0.05) is 12.1 Å². The van der Waals surface area contributed by atoms with Gasteiger partial charge < -0.3 is 19.2 Å². The Labute approximate surface area is 206 Å². The summed E-state index contributed by atoms with van der Waals surface area (Å²) in [4.78, 5) is 12.6. The number of anilines is 1. The molecule has 0 saturated heterocycles. The van der Waals surface area contributed by atoms with Gasteiger partial charge in [-0.2, -0.15) is 13.2 Å². The Morgan fingerprint density at radius 1 is 1.00 bits per heavy atom. The first-order valence-electron chi connectivity index (χ1n) is 11.0. The van der Waals surface area contributed by atoms with Crippen LogP contribution in [0.4, 0.5) is 18.9 Å². The highest BCUT2D eigenvalue weighted by molar-refractivity contribution is 6.06. The zero-order valence-electron chi connectivity index (χ0n) is 20.1. The van der Waals surface area contributed by atoms with E-state index in [-0.39, 0.29) is 5.69 Å². The molecule has 5 nitrogen and oxygen atoms in total. The topological polar surface area (TPSA) is 60.7 Å². The van der Waals surface area contributed by atoms with E-state index >= 15 is 0 Å². The summed E-state index contributed by atoms with van der Waals surface area (Å²) >= 11 is 0. The molecule has 36 heavy (non-hydrogen) atoms. The van der Waals surface area contributed by atoms with Crippen LogP contribution in [0.3, 0.4) is 0 Å². The summed E-state index contributed by atoms with van der Waals surface area (Å²) in [7, 11) is 3.15. The largest absolute Gasteiger partial charge is 0.497 e. The van der Waals surface area contributed by atoms with Crippen LogP contribution in [0.1, 0.15) is 23.6 Å². The number of halogens is 3. The van der Waals surface area contributed by atoms with Crippen molar-refractivity contribution < 1.29 is 31.9 Å². The normalized spacial score (nSPS) is 12.0. The highest BCUT2D eigenvalue weighted by atomic mass is 19.4. The average molecular weight is 495 g/mol. The molecule has 0 unspecified atom stereocenters. The molecule has 0 radical (unpaired) electrons. The van der Waals surface area contributed by atoms with Crippen molar-refractivity contribution in [2.45, 2.75) is 20.0 Å². The van der Waals surface area contributed by atoms with Gasteiger partial charge >= 0.3 is 6.18 Å². The van der Waals surface area contributed by atoms with E-state index in [1.165, 1.54) is 18.2 Å². The first-order valence-corrected chi connectivity index (χ1v) is 11.0. The van der Waals surface area contributed by atoms with Crippen LogP contribution >= 0.6 is 0 Å². The van der Waals surface area contributed by atoms with Crippen LogP contribution in [0, 0.1) is 6.92 Å². The molecule has 1 heterocycles. The molecular formula is C28H24F3NO4. The second kappa shape index (κ2) is 9.81. The van der Waals surface area contributed by atoms with E-state index in [4.69, 9.17) is 13.9 Å². The van der Waals surface area contributed by atoms with Gasteiger partial charge in [0.25, 0.3) is 0 Å². The third kappa shape index (κ3) is 4.93. The molecule has 1 N–H and O–H groups in total. The Balaban J connectivity index is 1.68. The Morgan fingerprint density at radius 2 is 1.67 bits per heavy atom. The zero-order valence-corrected chi connectivity index (χ0v) is 20.1. The lowest BCUT2D eigenvalue weighted by Crippen LogP contribution is -2.10. The Morgan fingerprint density at radius 3 is 2.25 bits per heavy atom. The Hall–Kier alpha value is -4.20. The summed E-state index contributed by atoms with van der Waals surface area (Å²) in [5, 5.41) is 3.45. The van der Waals surface area contributed by atoms with Crippen LogP contribution < -0.4 is 14.8 Å². The third-order valence-corrected chi connectivity index (χ3v) is 5.90. The first kappa shape index (κ1) is 24.9. The van der Waals surface area contributed by atoms with E-state index in [1.54, 1.807) is 27.4 Å². The molecule has 0 fully saturated rings. The molecule has 0 saturated carbocycles. The van der Waals surface area contributed by atoms with Gasteiger partial charge in [0.15, 0.2) is 0 Å². The fraction of sp³-hybridized carbons (Fsp3) is 0.179. The highest BCUT2D eigenvalue weighted by Crippen LogP contribution is 2.41. The Bertz CT molecular complexity index is 1430. The van der Waals surface area contributed by atoms with Gasteiger partial charge in [0.2, 0.25) is 5.91 Å². The van der Waals surface area contributed by atoms with Gasteiger partial charge in [0, 0.05) is 33.8 Å². The van der Waals surface area contributed by atoms with Crippen molar-refractivity contribution in [3.63, 3.8) is 0 Å². The maximum Gasteiger partial charge on any atom is 0.416 e. The summed E-state index contributed by atoms with van der Waals surface area (Å²) in [5.74, 6) is 0.826. The number of aryl methyl sites for hydroxylation is 1. The smallest absolute Gasteiger partial charge is 0.416 e. The van der Waals surface area contributed by atoms with Crippen LogP contribution in [-0.4, -0.2) is 20.1 Å². The summed E-state index contributed by atoms with van der Waals surface area (Å²) in [6.07, 6.45) is -1.38. The van der Waals surface area contributed by atoms with E-state index in [9.17, 15) is 18.0 Å². The molecule has 4 rings (SSSR count). The third-order valence-electron chi connectivity index (χ3n) is 5.90. The first-order chi connectivity index (χ1) is 17.1. The van der Waals surface area contributed by atoms with Crippen molar-refractivity contribution >= 4 is 28.1 Å². The summed E-state index contributed by atoms with van der Waals surface area (Å²) in [6.45, 7) is 3.64. The van der Waals surface area contributed by atoms with Crippen molar-refractivity contribution in [2.24, 2.45) is 0 Å². The van der Waals surface area contributed by atoms with Crippen molar-refractivity contribution in [1.29, 1.82) is 0 Å². The molecule has 0 bridgehead atoms. The van der Waals surface area contributed by atoms with Gasteiger partial charge in [-0.25, -0.2) is 0 Å². The monoisotopic (exact) mass is 495 g/mol. The minimum atomic E-state index is -4.44. The predicted octanol–water partition coefficient (Wildman–Crippen LogP) is 7.49. The predicted molar refractivity (Wildman–Crippen MR) is 133 cm³/mol. The lowest BCUT2D eigenvalue weighted by atomic mass is 9.96. The van der Waals surface area contributed by atoms with Crippen molar-refractivity contribution in [1.82, 2.24) is 0 Å². The molecule has 3 aromatic carbocycles. The maximum absolute atomic E-state index is 12.8. The van der Waals surface area contributed by atoms with Crippen LogP contribution in [0.15, 0.2) is 71.4 Å². The minimum Gasteiger partial charge on any atom is -0.497 e. The quantitative estimate of drug-likeness (QED) is 0.282. The van der Waals surface area contributed by atoms with Crippen LogP contribution in [-0.2, 0) is 11.0 Å². The van der Waals surface area contributed by atoms with Crippen LogP contribution in [0.5, 0.6) is 11.5 Å². The average Bonchev–Trinajstić information content (AvgIpc) is 3.28. The molecule has 4 aromatic rings. The number of allylic oxidation sites excluding steroid dienone is 1. The van der Waals surface area contributed by atoms with Crippen LogP contribution in [0.25, 0.3) is 27.7 Å². The van der Waals surface area contributed by atoms with Gasteiger partial charge in [-0.3, -0.25) is 4.79 Å². The molecule has 0 aliphatic heterocycles.